The number of carbonyl (C=O) groups is 1. The van der Waals surface area contributed by atoms with Crippen LogP contribution in [0.4, 0.5) is 0 Å². The maximum Gasteiger partial charge on any atom is 0.261 e. The van der Waals surface area contributed by atoms with E-state index in [2.05, 4.69) is 5.32 Å². The van der Waals surface area contributed by atoms with Crippen LogP contribution in [0, 0.1) is 6.92 Å². The number of rotatable bonds is 6. The number of aryl methyl sites for hydroxylation is 1. The van der Waals surface area contributed by atoms with Gasteiger partial charge < -0.3 is 24.4 Å². The maximum atomic E-state index is 12.9. The Hall–Kier alpha value is -2.73. The minimum absolute atomic E-state index is 0.0366. The van der Waals surface area contributed by atoms with E-state index in [9.17, 15) is 4.79 Å². The van der Waals surface area contributed by atoms with E-state index in [1.165, 1.54) is 0 Å². The van der Waals surface area contributed by atoms with Gasteiger partial charge in [-0.25, -0.2) is 0 Å². The van der Waals surface area contributed by atoms with Crippen molar-refractivity contribution in [3.05, 3.63) is 53.6 Å². The van der Waals surface area contributed by atoms with Crippen LogP contribution in [0.1, 0.15) is 17.2 Å². The summed E-state index contributed by atoms with van der Waals surface area (Å²) in [6, 6.07) is 13.4. The van der Waals surface area contributed by atoms with E-state index in [-0.39, 0.29) is 18.6 Å². The van der Waals surface area contributed by atoms with E-state index in [0.29, 0.717) is 24.6 Å². The first-order valence-electron chi connectivity index (χ1n) is 9.04. The van der Waals surface area contributed by atoms with Gasteiger partial charge in [0.2, 0.25) is 0 Å². The molecule has 0 saturated carbocycles. The third-order valence-corrected chi connectivity index (χ3v) is 4.73. The van der Waals surface area contributed by atoms with Crippen LogP contribution < -0.4 is 19.5 Å². The summed E-state index contributed by atoms with van der Waals surface area (Å²) in [6.07, 6.45) is 0. The third kappa shape index (κ3) is 4.34. The average Bonchev–Trinajstić information content (AvgIpc) is 2.72. The van der Waals surface area contributed by atoms with Crippen molar-refractivity contribution in [1.82, 2.24) is 10.2 Å². The van der Waals surface area contributed by atoms with Crippen molar-refractivity contribution in [2.75, 3.05) is 40.5 Å². The highest BCUT2D eigenvalue weighted by molar-refractivity contribution is 5.78. The summed E-state index contributed by atoms with van der Waals surface area (Å²) in [5.41, 5.74) is 2.07. The van der Waals surface area contributed by atoms with Crippen molar-refractivity contribution in [3.63, 3.8) is 0 Å². The molecule has 6 heteroatoms. The topological polar surface area (TPSA) is 60.0 Å². The van der Waals surface area contributed by atoms with Gasteiger partial charge in [-0.15, -0.1) is 0 Å². The standard InChI is InChI=1S/C21H26N2O4/c1-15-8-9-19(20(12-15)26-3)27-14-21(24)23-11-10-22-13-17(23)16-6-4-5-7-18(16)25-2/h4-9,12,17,22H,10-11,13-14H2,1-3H3. The molecule has 27 heavy (non-hydrogen) atoms. The second-order valence-electron chi connectivity index (χ2n) is 6.49. The van der Waals surface area contributed by atoms with Gasteiger partial charge in [0.05, 0.1) is 20.3 Å². The quantitative estimate of drug-likeness (QED) is 0.847. The van der Waals surface area contributed by atoms with Crippen LogP contribution >= 0.6 is 0 Å². The Bertz CT molecular complexity index is 794. The molecule has 1 atom stereocenters. The van der Waals surface area contributed by atoms with Crippen LogP contribution in [0.2, 0.25) is 0 Å². The van der Waals surface area contributed by atoms with E-state index < -0.39 is 0 Å². The molecule has 2 aromatic rings. The maximum absolute atomic E-state index is 12.9. The lowest BCUT2D eigenvalue weighted by atomic mass is 10.0. The minimum Gasteiger partial charge on any atom is -0.496 e. The molecule has 1 fully saturated rings. The van der Waals surface area contributed by atoms with Crippen LogP contribution in [0.3, 0.4) is 0 Å². The van der Waals surface area contributed by atoms with E-state index in [1.807, 2.05) is 54.3 Å². The highest BCUT2D eigenvalue weighted by Gasteiger charge is 2.30. The van der Waals surface area contributed by atoms with E-state index >= 15 is 0 Å². The van der Waals surface area contributed by atoms with Crippen molar-refractivity contribution in [2.24, 2.45) is 0 Å². The molecule has 0 radical (unpaired) electrons. The first-order chi connectivity index (χ1) is 13.1. The fraction of sp³-hybridized carbons (Fsp3) is 0.381. The predicted molar refractivity (Wildman–Crippen MR) is 104 cm³/mol. The van der Waals surface area contributed by atoms with Crippen molar-refractivity contribution in [1.29, 1.82) is 0 Å². The van der Waals surface area contributed by atoms with Gasteiger partial charge in [-0.05, 0) is 30.7 Å². The number of ether oxygens (including phenoxy) is 3. The van der Waals surface area contributed by atoms with Gasteiger partial charge in [-0.2, -0.15) is 0 Å². The smallest absolute Gasteiger partial charge is 0.261 e. The molecule has 0 bridgehead atoms. The number of methoxy groups -OCH3 is 2. The second kappa shape index (κ2) is 8.77. The lowest BCUT2D eigenvalue weighted by Gasteiger charge is -2.37. The molecule has 0 aliphatic carbocycles. The molecule has 6 nitrogen and oxygen atoms in total. The van der Waals surface area contributed by atoms with Crippen LogP contribution in [0.15, 0.2) is 42.5 Å². The zero-order valence-electron chi connectivity index (χ0n) is 16.0. The van der Waals surface area contributed by atoms with Gasteiger partial charge >= 0.3 is 0 Å². The first kappa shape index (κ1) is 19.0. The molecule has 1 aliphatic heterocycles. The summed E-state index contributed by atoms with van der Waals surface area (Å²) in [7, 11) is 3.24. The van der Waals surface area contributed by atoms with Crippen molar-refractivity contribution in [2.45, 2.75) is 13.0 Å². The summed E-state index contributed by atoms with van der Waals surface area (Å²) < 4.78 is 16.6. The van der Waals surface area contributed by atoms with Crippen LogP contribution in [0.25, 0.3) is 0 Å². The van der Waals surface area contributed by atoms with E-state index in [4.69, 9.17) is 14.2 Å². The van der Waals surface area contributed by atoms with Gasteiger partial charge in [0.25, 0.3) is 5.91 Å². The van der Waals surface area contributed by atoms with E-state index in [1.54, 1.807) is 14.2 Å². The fourth-order valence-corrected chi connectivity index (χ4v) is 3.34. The largest absolute Gasteiger partial charge is 0.496 e. The molecule has 144 valence electrons. The highest BCUT2D eigenvalue weighted by atomic mass is 16.5. The van der Waals surface area contributed by atoms with Crippen LogP contribution in [-0.2, 0) is 4.79 Å². The summed E-state index contributed by atoms with van der Waals surface area (Å²) in [5.74, 6) is 1.92. The summed E-state index contributed by atoms with van der Waals surface area (Å²) in [5, 5.41) is 3.36. The molecule has 0 aromatic heterocycles. The molecular formula is C21H26N2O4. The Kier molecular flexibility index (Phi) is 6.19. The molecular weight excluding hydrogens is 344 g/mol. The van der Waals surface area contributed by atoms with E-state index in [0.717, 1.165) is 23.4 Å². The second-order valence-corrected chi connectivity index (χ2v) is 6.49. The first-order valence-corrected chi connectivity index (χ1v) is 9.04. The Balaban J connectivity index is 1.74. The Morgan fingerprint density at radius 1 is 1.11 bits per heavy atom. The zero-order valence-corrected chi connectivity index (χ0v) is 16.0. The summed E-state index contributed by atoms with van der Waals surface area (Å²) >= 11 is 0. The number of hydrogen-bond acceptors (Lipinski definition) is 5. The number of nitrogens with zero attached hydrogens (tertiary/aromatic N) is 1. The predicted octanol–water partition coefficient (Wildman–Crippen LogP) is 2.56. The van der Waals surface area contributed by atoms with Gasteiger partial charge in [0.1, 0.15) is 5.75 Å². The van der Waals surface area contributed by atoms with Gasteiger partial charge in [-0.3, -0.25) is 4.79 Å². The molecule has 1 amide bonds. The lowest BCUT2D eigenvalue weighted by molar-refractivity contribution is -0.136. The van der Waals surface area contributed by atoms with Crippen molar-refractivity contribution in [3.8, 4) is 17.2 Å². The average molecular weight is 370 g/mol. The molecule has 1 saturated heterocycles. The minimum atomic E-state index is -0.0917. The molecule has 2 aromatic carbocycles. The number of hydrogen-bond donors (Lipinski definition) is 1. The van der Waals surface area contributed by atoms with Crippen LogP contribution in [-0.4, -0.2) is 51.3 Å². The molecule has 1 N–H and O–H groups in total. The van der Waals surface area contributed by atoms with Crippen molar-refractivity contribution >= 4 is 5.91 Å². The van der Waals surface area contributed by atoms with Gasteiger partial charge in [0, 0.05) is 25.2 Å². The van der Waals surface area contributed by atoms with Gasteiger partial charge in [-0.1, -0.05) is 24.3 Å². The molecule has 1 aliphatic rings. The number of nitrogens with one attached hydrogen (secondary N) is 1. The summed E-state index contributed by atoms with van der Waals surface area (Å²) in [4.78, 5) is 14.8. The number of carbonyl (C=O) groups excluding carboxylic acids is 1. The highest BCUT2D eigenvalue weighted by Crippen LogP contribution is 2.31. The number of piperazine rings is 1. The van der Waals surface area contributed by atoms with Gasteiger partial charge in [0.15, 0.2) is 18.1 Å². The summed E-state index contributed by atoms with van der Waals surface area (Å²) in [6.45, 7) is 4.00. The Morgan fingerprint density at radius 2 is 1.89 bits per heavy atom. The number of amides is 1. The Labute approximate surface area is 160 Å². The third-order valence-electron chi connectivity index (χ3n) is 4.73. The number of benzene rings is 2. The SMILES string of the molecule is COc1cc(C)ccc1OCC(=O)N1CCNCC1c1ccccc1OC. The lowest BCUT2D eigenvalue weighted by Crippen LogP contribution is -2.50. The normalized spacial score (nSPS) is 16.7. The molecule has 1 heterocycles. The Morgan fingerprint density at radius 3 is 2.67 bits per heavy atom. The molecule has 1 unspecified atom stereocenters. The van der Waals surface area contributed by atoms with Crippen molar-refractivity contribution < 1.29 is 19.0 Å². The molecule has 0 spiro atoms. The zero-order chi connectivity index (χ0) is 19.2. The monoisotopic (exact) mass is 370 g/mol. The molecule has 3 rings (SSSR count). The number of para-hydroxylation sites is 1. The van der Waals surface area contributed by atoms with Crippen LogP contribution in [0.5, 0.6) is 17.2 Å². The fourth-order valence-electron chi connectivity index (χ4n) is 3.34.